The molecule has 0 atom stereocenters. The highest BCUT2D eigenvalue weighted by Crippen LogP contribution is 2.26. The fraction of sp³-hybridized carbons (Fsp3) is 0.267. The number of benzene rings is 1. The van der Waals surface area contributed by atoms with Crippen molar-refractivity contribution in [1.82, 2.24) is 19.7 Å². The lowest BCUT2D eigenvalue weighted by Gasteiger charge is -2.00. The summed E-state index contributed by atoms with van der Waals surface area (Å²) in [6, 6.07) is 6.22. The lowest BCUT2D eigenvalue weighted by molar-refractivity contribution is 0.465. The summed E-state index contributed by atoms with van der Waals surface area (Å²) < 4.78 is 7.70. The number of hydrogen-bond acceptors (Lipinski definition) is 5. The molecule has 2 heterocycles. The van der Waals surface area contributed by atoms with E-state index in [0.29, 0.717) is 16.9 Å². The Balaban J connectivity index is 1.75. The van der Waals surface area contributed by atoms with Crippen LogP contribution in [0.3, 0.4) is 0 Å². The minimum absolute atomic E-state index is 0.559. The third kappa shape index (κ3) is 3.16. The molecule has 3 aromatic rings. The van der Waals surface area contributed by atoms with Crippen LogP contribution < -0.4 is 0 Å². The third-order valence-electron chi connectivity index (χ3n) is 3.12. The molecule has 21 heavy (non-hydrogen) atoms. The molecule has 1 aromatic carbocycles. The number of imidazole rings is 1. The highest BCUT2D eigenvalue weighted by atomic mass is 32.2. The summed E-state index contributed by atoms with van der Waals surface area (Å²) >= 11 is 1.49. The largest absolute Gasteiger partial charge is 0.411 e. The predicted octanol–water partition coefficient (Wildman–Crippen LogP) is 3.38. The molecule has 0 saturated heterocycles. The van der Waals surface area contributed by atoms with Crippen LogP contribution in [0.4, 0.5) is 0 Å². The van der Waals surface area contributed by atoms with Crippen LogP contribution in [0.15, 0.2) is 40.2 Å². The second-order valence-electron chi connectivity index (χ2n) is 4.99. The predicted molar refractivity (Wildman–Crippen MR) is 82.0 cm³/mol. The Morgan fingerprint density at radius 1 is 1.14 bits per heavy atom. The van der Waals surface area contributed by atoms with Gasteiger partial charge in [0.25, 0.3) is 5.22 Å². The second kappa shape index (κ2) is 5.73. The summed E-state index contributed by atoms with van der Waals surface area (Å²) in [4.78, 5) is 4.27. The normalized spacial score (nSPS) is 11.0. The van der Waals surface area contributed by atoms with E-state index in [1.165, 1.54) is 22.9 Å². The first-order valence-electron chi connectivity index (χ1n) is 6.63. The zero-order valence-electron chi connectivity index (χ0n) is 12.2. The second-order valence-corrected chi connectivity index (χ2v) is 5.92. The minimum Gasteiger partial charge on any atom is -0.411 e. The summed E-state index contributed by atoms with van der Waals surface area (Å²) in [5, 5.41) is 8.78. The zero-order valence-corrected chi connectivity index (χ0v) is 13.0. The van der Waals surface area contributed by atoms with Crippen molar-refractivity contribution in [2.45, 2.75) is 24.8 Å². The zero-order chi connectivity index (χ0) is 14.8. The fourth-order valence-electron chi connectivity index (χ4n) is 2.14. The minimum atomic E-state index is 0.559. The molecule has 5 nitrogen and oxygen atoms in total. The van der Waals surface area contributed by atoms with Crippen LogP contribution >= 0.6 is 11.8 Å². The smallest absolute Gasteiger partial charge is 0.277 e. The topological polar surface area (TPSA) is 56.7 Å². The van der Waals surface area contributed by atoms with Gasteiger partial charge < -0.3 is 8.98 Å². The van der Waals surface area contributed by atoms with E-state index >= 15 is 0 Å². The van der Waals surface area contributed by atoms with Crippen LogP contribution in [0, 0.1) is 13.8 Å². The first kappa shape index (κ1) is 13.9. The maximum Gasteiger partial charge on any atom is 0.277 e. The first-order chi connectivity index (χ1) is 10.1. The molecule has 0 N–H and O–H groups in total. The highest BCUT2D eigenvalue weighted by molar-refractivity contribution is 7.98. The Morgan fingerprint density at radius 3 is 2.57 bits per heavy atom. The van der Waals surface area contributed by atoms with Gasteiger partial charge in [0.05, 0.1) is 5.75 Å². The molecular weight excluding hydrogens is 284 g/mol. The fourth-order valence-corrected chi connectivity index (χ4v) is 2.91. The number of thioether (sulfide) groups is 1. The molecule has 0 radical (unpaired) electrons. The van der Waals surface area contributed by atoms with Crippen molar-refractivity contribution in [2.24, 2.45) is 7.05 Å². The molecule has 0 fully saturated rings. The lowest BCUT2D eigenvalue weighted by atomic mass is 10.1. The van der Waals surface area contributed by atoms with E-state index in [1.54, 1.807) is 6.20 Å². The van der Waals surface area contributed by atoms with Gasteiger partial charge >= 0.3 is 0 Å². The van der Waals surface area contributed by atoms with Gasteiger partial charge in [-0.15, -0.1) is 10.2 Å². The van der Waals surface area contributed by atoms with Crippen LogP contribution in [0.1, 0.15) is 17.0 Å². The molecule has 0 bridgehead atoms. The van der Waals surface area contributed by atoms with Crippen molar-refractivity contribution >= 4 is 11.8 Å². The maximum absolute atomic E-state index is 5.72. The van der Waals surface area contributed by atoms with Gasteiger partial charge in [-0.3, -0.25) is 0 Å². The first-order valence-corrected chi connectivity index (χ1v) is 7.61. The highest BCUT2D eigenvalue weighted by Gasteiger charge is 2.11. The van der Waals surface area contributed by atoms with Gasteiger partial charge in [-0.25, -0.2) is 4.98 Å². The lowest BCUT2D eigenvalue weighted by Crippen LogP contribution is -1.94. The van der Waals surface area contributed by atoms with Gasteiger partial charge in [0.1, 0.15) is 5.82 Å². The number of hydrogen-bond donors (Lipinski definition) is 0. The van der Waals surface area contributed by atoms with Gasteiger partial charge in [-0.1, -0.05) is 29.0 Å². The Kier molecular flexibility index (Phi) is 3.79. The van der Waals surface area contributed by atoms with Gasteiger partial charge in [-0.05, 0) is 26.0 Å². The number of aromatic nitrogens is 4. The summed E-state index contributed by atoms with van der Waals surface area (Å²) in [6.45, 7) is 4.12. The Bertz CT molecular complexity index is 742. The molecule has 2 aromatic heterocycles. The van der Waals surface area contributed by atoms with E-state index in [4.69, 9.17) is 4.42 Å². The van der Waals surface area contributed by atoms with Crippen LogP contribution in [-0.4, -0.2) is 19.7 Å². The van der Waals surface area contributed by atoms with Crippen LogP contribution in [0.5, 0.6) is 0 Å². The number of nitrogens with zero attached hydrogens (tertiary/aromatic N) is 4. The van der Waals surface area contributed by atoms with Crippen molar-refractivity contribution in [3.8, 4) is 11.5 Å². The number of aryl methyl sites for hydroxylation is 3. The Labute approximate surface area is 127 Å². The van der Waals surface area contributed by atoms with Gasteiger partial charge in [0.15, 0.2) is 0 Å². The van der Waals surface area contributed by atoms with E-state index in [2.05, 4.69) is 35.1 Å². The van der Waals surface area contributed by atoms with Crippen LogP contribution in [0.2, 0.25) is 0 Å². The van der Waals surface area contributed by atoms with Crippen molar-refractivity contribution in [1.29, 1.82) is 0 Å². The Hall–Kier alpha value is -2.08. The van der Waals surface area contributed by atoms with Crippen molar-refractivity contribution in [3.63, 3.8) is 0 Å². The van der Waals surface area contributed by atoms with E-state index in [0.717, 1.165) is 11.4 Å². The maximum atomic E-state index is 5.72. The molecule has 0 aliphatic heterocycles. The van der Waals surface area contributed by atoms with E-state index in [-0.39, 0.29) is 0 Å². The monoisotopic (exact) mass is 300 g/mol. The van der Waals surface area contributed by atoms with E-state index in [1.807, 2.05) is 29.9 Å². The van der Waals surface area contributed by atoms with Crippen LogP contribution in [0.25, 0.3) is 11.5 Å². The third-order valence-corrected chi connectivity index (χ3v) is 3.94. The molecule has 0 aliphatic rings. The molecule has 108 valence electrons. The molecule has 6 heteroatoms. The summed E-state index contributed by atoms with van der Waals surface area (Å²) in [5.74, 6) is 2.24. The SMILES string of the molecule is Cc1cc(C)cc(-c2nnc(SCc3nccn3C)o2)c1. The summed E-state index contributed by atoms with van der Waals surface area (Å²) in [7, 11) is 1.97. The summed E-state index contributed by atoms with van der Waals surface area (Å²) in [5.41, 5.74) is 3.33. The van der Waals surface area contributed by atoms with Gasteiger partial charge in [0.2, 0.25) is 5.89 Å². The van der Waals surface area contributed by atoms with Gasteiger partial charge in [-0.2, -0.15) is 0 Å². The summed E-state index contributed by atoms with van der Waals surface area (Å²) in [6.07, 6.45) is 3.70. The molecule has 0 saturated carbocycles. The van der Waals surface area contributed by atoms with Crippen LogP contribution in [-0.2, 0) is 12.8 Å². The van der Waals surface area contributed by atoms with E-state index in [9.17, 15) is 0 Å². The average molecular weight is 300 g/mol. The molecular formula is C15H16N4OS. The van der Waals surface area contributed by atoms with Crippen molar-refractivity contribution in [2.75, 3.05) is 0 Å². The number of rotatable bonds is 4. The molecule has 0 aliphatic carbocycles. The van der Waals surface area contributed by atoms with Crippen molar-refractivity contribution < 1.29 is 4.42 Å². The molecule has 0 unspecified atom stereocenters. The molecule has 0 amide bonds. The standard InChI is InChI=1S/C15H16N4OS/c1-10-6-11(2)8-12(7-10)14-17-18-15(20-14)21-9-13-16-4-5-19(13)3/h4-8H,9H2,1-3H3. The van der Waals surface area contributed by atoms with Crippen molar-refractivity contribution in [3.05, 3.63) is 47.5 Å². The molecule has 0 spiro atoms. The molecule has 3 rings (SSSR count). The van der Waals surface area contributed by atoms with E-state index < -0.39 is 0 Å². The quantitative estimate of drug-likeness (QED) is 0.691. The van der Waals surface area contributed by atoms with Gasteiger partial charge in [0, 0.05) is 25.0 Å². The average Bonchev–Trinajstić information content (AvgIpc) is 3.04. The Morgan fingerprint density at radius 2 is 1.90 bits per heavy atom.